The van der Waals surface area contributed by atoms with Crippen LogP contribution >= 0.6 is 0 Å². The van der Waals surface area contributed by atoms with Crippen molar-refractivity contribution in [2.45, 2.75) is 101 Å². The summed E-state index contributed by atoms with van der Waals surface area (Å²) in [5.74, 6) is -1.32. The number of rotatable bonds is 1. The second-order valence-electron chi connectivity index (χ2n) is 14.8. The van der Waals surface area contributed by atoms with E-state index in [9.17, 15) is 14.7 Å². The van der Waals surface area contributed by atoms with Crippen molar-refractivity contribution < 1.29 is 42.9 Å². The van der Waals surface area contributed by atoms with Gasteiger partial charge in [0.1, 0.15) is 24.4 Å². The Morgan fingerprint density at radius 2 is 1.76 bits per heavy atom. The van der Waals surface area contributed by atoms with Crippen LogP contribution in [0.1, 0.15) is 77.4 Å². The quantitative estimate of drug-likeness (QED) is 0.310. The third kappa shape index (κ3) is 2.17. The van der Waals surface area contributed by atoms with Crippen molar-refractivity contribution in [1.82, 2.24) is 0 Å². The number of hydrogen-bond donors (Lipinski definition) is 1. The number of esters is 2. The first-order valence-electron chi connectivity index (χ1n) is 15.2. The second kappa shape index (κ2) is 7.00. The van der Waals surface area contributed by atoms with E-state index in [4.69, 9.17) is 23.4 Å². The number of carbonyl (C=O) groups is 3. The van der Waals surface area contributed by atoms with Gasteiger partial charge in [-0.1, -0.05) is 31.9 Å². The molecule has 7 fully saturated rings. The van der Waals surface area contributed by atoms with Crippen molar-refractivity contribution in [1.29, 1.82) is 0 Å². The van der Waals surface area contributed by atoms with Crippen LogP contribution in [-0.4, -0.2) is 58.9 Å². The van der Waals surface area contributed by atoms with E-state index >= 15 is 4.79 Å². The molecule has 4 aliphatic heterocycles. The van der Waals surface area contributed by atoms with E-state index in [0.717, 1.165) is 18.4 Å². The molecule has 2 bridgehead atoms. The highest BCUT2D eigenvalue weighted by Crippen LogP contribution is 2.85. The van der Waals surface area contributed by atoms with Gasteiger partial charge in [-0.25, -0.2) is 4.79 Å². The number of carbonyl (C=O) groups excluding carboxylic acids is 3. The number of Topliss-reactive ketones (excluding diaryl/α,β-unsaturated/α-hetero) is 1. The van der Waals surface area contributed by atoms with Crippen LogP contribution < -0.4 is 0 Å². The number of cyclic esters (lactones) is 2. The van der Waals surface area contributed by atoms with Crippen LogP contribution in [0.4, 0.5) is 0 Å². The smallest absolute Gasteiger partial charge is 0.339 e. The number of epoxide rings is 1. The number of furan rings is 1. The van der Waals surface area contributed by atoms with E-state index in [-0.39, 0.29) is 24.3 Å². The summed E-state index contributed by atoms with van der Waals surface area (Å²) in [5, 5.41) is 12.4. The van der Waals surface area contributed by atoms with Gasteiger partial charge in [0.25, 0.3) is 0 Å². The molecular formula is C32H36O9. The monoisotopic (exact) mass is 564 g/mol. The molecule has 1 aromatic heterocycles. The van der Waals surface area contributed by atoms with E-state index in [1.165, 1.54) is 0 Å². The third-order valence-corrected chi connectivity index (χ3v) is 13.6. The number of hydrogen-bond acceptors (Lipinski definition) is 9. The van der Waals surface area contributed by atoms with Gasteiger partial charge in [0.2, 0.25) is 0 Å². The van der Waals surface area contributed by atoms with Crippen molar-refractivity contribution in [3.05, 3.63) is 36.3 Å². The van der Waals surface area contributed by atoms with E-state index in [0.29, 0.717) is 32.1 Å². The highest BCUT2D eigenvalue weighted by molar-refractivity contribution is 5.98. The fourth-order valence-electron chi connectivity index (χ4n) is 12.2. The average Bonchev–Trinajstić information content (AvgIpc) is 3.22. The minimum absolute atomic E-state index is 0.0456. The summed E-state index contributed by atoms with van der Waals surface area (Å²) in [6.45, 7) is 5.98. The van der Waals surface area contributed by atoms with Gasteiger partial charge in [0.05, 0.1) is 40.5 Å². The SMILES string of the molecule is CC1(C)OC2C3(CCCC3)C(=O)OCC23C2CCC4(C)C(c5ccoc5)OC(=O)C5OC54C24CC=CC13C(=O)C4O. The highest BCUT2D eigenvalue weighted by Gasteiger charge is 2.95. The minimum Gasteiger partial charge on any atom is -0.472 e. The predicted molar refractivity (Wildman–Crippen MR) is 139 cm³/mol. The van der Waals surface area contributed by atoms with Crippen LogP contribution in [0.25, 0.3) is 0 Å². The number of ether oxygens (including phenoxy) is 4. The van der Waals surface area contributed by atoms with E-state index in [1.54, 1.807) is 18.6 Å². The molecule has 10 unspecified atom stereocenters. The first-order chi connectivity index (χ1) is 19.5. The fraction of sp³-hybridized carbons (Fsp3) is 0.719. The molecule has 0 radical (unpaired) electrons. The Morgan fingerprint density at radius 1 is 0.976 bits per heavy atom. The van der Waals surface area contributed by atoms with Crippen LogP contribution in [0, 0.1) is 33.0 Å². The Hall–Kier alpha value is -2.49. The normalized spacial score (nSPS) is 53.0. The maximum atomic E-state index is 15.0. The lowest BCUT2D eigenvalue weighted by Gasteiger charge is -2.69. The highest BCUT2D eigenvalue weighted by atomic mass is 16.7. The second-order valence-corrected chi connectivity index (χ2v) is 14.8. The molecule has 9 heteroatoms. The summed E-state index contributed by atoms with van der Waals surface area (Å²) in [6.07, 6.45) is 8.40. The summed E-state index contributed by atoms with van der Waals surface area (Å²) >= 11 is 0. The van der Waals surface area contributed by atoms with E-state index in [1.807, 2.05) is 26.0 Å². The Labute approximate surface area is 237 Å². The van der Waals surface area contributed by atoms with Gasteiger partial charge in [-0.15, -0.1) is 0 Å². The van der Waals surface area contributed by atoms with E-state index in [2.05, 4.69) is 6.92 Å². The topological polar surface area (TPSA) is 125 Å². The molecule has 5 heterocycles. The third-order valence-electron chi connectivity index (χ3n) is 13.6. The van der Waals surface area contributed by atoms with Crippen molar-refractivity contribution >= 4 is 17.7 Å². The molecule has 1 N–H and O–H groups in total. The van der Waals surface area contributed by atoms with Crippen LogP contribution in [0.2, 0.25) is 0 Å². The number of allylic oxidation sites excluding steroid dienone is 1. The van der Waals surface area contributed by atoms with Gasteiger partial charge in [-0.05, 0) is 57.9 Å². The standard InChI is InChI=1S/C32H36O9/c1-26(2)31-12-6-11-29(19(33)20(31)34)18(30(31)16-38-25(36)28(24(30)41-26)9-4-5-10-28)7-13-27(3)21(17-8-14-37-15-17)39-23(35)22-32(27,29)40-22/h6,8,12,14-15,18-19,21-22,24,33H,4-5,7,9-11,13,16H2,1-3H3. The van der Waals surface area contributed by atoms with Crippen LogP contribution in [0.5, 0.6) is 0 Å². The zero-order valence-electron chi connectivity index (χ0n) is 23.6. The molecule has 10 atom stereocenters. The predicted octanol–water partition coefficient (Wildman–Crippen LogP) is 3.59. The summed E-state index contributed by atoms with van der Waals surface area (Å²) < 4.78 is 31.2. The molecule has 218 valence electrons. The van der Waals surface area contributed by atoms with Gasteiger partial charge in [0, 0.05) is 16.4 Å². The Morgan fingerprint density at radius 3 is 2.49 bits per heavy atom. The van der Waals surface area contributed by atoms with Gasteiger partial charge >= 0.3 is 11.9 Å². The lowest BCUT2D eigenvalue weighted by molar-refractivity contribution is -0.273. The molecule has 5 spiro atoms. The van der Waals surface area contributed by atoms with E-state index < -0.39 is 68.7 Å². The van der Waals surface area contributed by atoms with Gasteiger partial charge in [-0.2, -0.15) is 0 Å². The summed E-state index contributed by atoms with van der Waals surface area (Å²) in [6, 6.07) is 1.80. The zero-order valence-corrected chi connectivity index (χ0v) is 23.6. The average molecular weight is 565 g/mol. The van der Waals surface area contributed by atoms with Crippen molar-refractivity contribution in [2.75, 3.05) is 6.61 Å². The maximum Gasteiger partial charge on any atom is 0.339 e. The molecular weight excluding hydrogens is 528 g/mol. The summed E-state index contributed by atoms with van der Waals surface area (Å²) in [5.41, 5.74) is -6.20. The molecule has 3 saturated carbocycles. The lowest BCUT2D eigenvalue weighted by atomic mass is 9.32. The molecule has 41 heavy (non-hydrogen) atoms. The van der Waals surface area contributed by atoms with Gasteiger partial charge < -0.3 is 28.5 Å². The molecule has 5 aliphatic carbocycles. The minimum atomic E-state index is -1.40. The largest absolute Gasteiger partial charge is 0.472 e. The zero-order chi connectivity index (χ0) is 28.4. The molecule has 9 nitrogen and oxygen atoms in total. The van der Waals surface area contributed by atoms with Gasteiger partial charge in [-0.3, -0.25) is 9.59 Å². The van der Waals surface area contributed by atoms with Crippen LogP contribution in [0.3, 0.4) is 0 Å². The number of aliphatic hydroxyl groups is 1. The van der Waals surface area contributed by atoms with Crippen molar-refractivity contribution in [3.8, 4) is 0 Å². The van der Waals surface area contributed by atoms with Crippen molar-refractivity contribution in [3.63, 3.8) is 0 Å². The molecule has 0 amide bonds. The molecule has 9 aliphatic rings. The van der Waals surface area contributed by atoms with Gasteiger partial charge in [0.15, 0.2) is 11.9 Å². The number of aliphatic hydroxyl groups excluding tert-OH is 1. The Bertz CT molecular complexity index is 1440. The molecule has 0 aromatic carbocycles. The number of ketones is 1. The lowest BCUT2D eigenvalue weighted by Crippen LogP contribution is -2.80. The summed E-state index contributed by atoms with van der Waals surface area (Å²) in [7, 11) is 0. The summed E-state index contributed by atoms with van der Waals surface area (Å²) in [4.78, 5) is 42.2. The van der Waals surface area contributed by atoms with Crippen LogP contribution in [0.15, 0.2) is 35.2 Å². The molecule has 1 aromatic rings. The Kier molecular flexibility index (Phi) is 4.28. The molecule has 4 saturated heterocycles. The fourth-order valence-corrected chi connectivity index (χ4v) is 12.2. The number of fused-ring (bicyclic) bond motifs is 3. The first kappa shape index (κ1) is 25.0. The van der Waals surface area contributed by atoms with Crippen LogP contribution in [-0.2, 0) is 33.3 Å². The molecule has 10 rings (SSSR count). The van der Waals surface area contributed by atoms with Crippen molar-refractivity contribution in [2.24, 2.45) is 33.0 Å². The maximum absolute atomic E-state index is 15.0. The first-order valence-corrected chi connectivity index (χ1v) is 15.2. The Balaban J connectivity index is 1.32.